The standard InChI is InChI=1S/C12H18N2O4/c1-18-12(17)9-4-2-3-7-14(9)11(16)8-5-6-10(15)13-8/h8-9H,2-7H2,1H3,(H,13,15). The van der Waals surface area contributed by atoms with Crippen molar-refractivity contribution in [3.8, 4) is 0 Å². The molecule has 6 nitrogen and oxygen atoms in total. The average molecular weight is 254 g/mol. The monoisotopic (exact) mass is 254 g/mol. The highest BCUT2D eigenvalue weighted by atomic mass is 16.5. The molecule has 2 atom stereocenters. The van der Waals surface area contributed by atoms with Gasteiger partial charge in [-0.25, -0.2) is 4.79 Å². The topological polar surface area (TPSA) is 75.7 Å². The number of nitrogens with zero attached hydrogens (tertiary/aromatic N) is 1. The minimum absolute atomic E-state index is 0.0972. The van der Waals surface area contributed by atoms with E-state index in [0.29, 0.717) is 25.8 Å². The fourth-order valence-corrected chi connectivity index (χ4v) is 2.58. The van der Waals surface area contributed by atoms with Gasteiger partial charge in [-0.1, -0.05) is 0 Å². The molecule has 2 saturated heterocycles. The SMILES string of the molecule is COC(=O)C1CCCCN1C(=O)C1CCC(=O)N1. The molecule has 2 rings (SSSR count). The highest BCUT2D eigenvalue weighted by molar-refractivity contribution is 5.93. The van der Waals surface area contributed by atoms with Gasteiger partial charge in [-0.2, -0.15) is 0 Å². The summed E-state index contributed by atoms with van der Waals surface area (Å²) in [4.78, 5) is 36.6. The van der Waals surface area contributed by atoms with E-state index >= 15 is 0 Å². The summed E-state index contributed by atoms with van der Waals surface area (Å²) < 4.78 is 4.73. The van der Waals surface area contributed by atoms with Crippen LogP contribution in [0.15, 0.2) is 0 Å². The molecule has 0 spiro atoms. The second kappa shape index (κ2) is 5.37. The van der Waals surface area contributed by atoms with Gasteiger partial charge in [0.05, 0.1) is 7.11 Å². The number of esters is 1. The lowest BCUT2D eigenvalue weighted by Gasteiger charge is -2.35. The van der Waals surface area contributed by atoms with Crippen molar-refractivity contribution in [1.29, 1.82) is 0 Å². The maximum atomic E-state index is 12.3. The van der Waals surface area contributed by atoms with Crippen molar-refractivity contribution >= 4 is 17.8 Å². The van der Waals surface area contributed by atoms with Crippen LogP contribution in [0.1, 0.15) is 32.1 Å². The number of carbonyl (C=O) groups is 3. The summed E-state index contributed by atoms with van der Waals surface area (Å²) in [5, 5.41) is 2.65. The molecule has 2 unspecified atom stereocenters. The quantitative estimate of drug-likeness (QED) is 0.694. The van der Waals surface area contributed by atoms with E-state index in [2.05, 4.69) is 5.32 Å². The molecular formula is C12H18N2O4. The number of carbonyl (C=O) groups excluding carboxylic acids is 3. The van der Waals surface area contributed by atoms with Crippen molar-refractivity contribution < 1.29 is 19.1 Å². The van der Waals surface area contributed by atoms with Crippen LogP contribution in [-0.4, -0.2) is 48.4 Å². The lowest BCUT2D eigenvalue weighted by atomic mass is 10.0. The first-order valence-corrected chi connectivity index (χ1v) is 6.31. The molecule has 100 valence electrons. The van der Waals surface area contributed by atoms with Crippen LogP contribution in [0.2, 0.25) is 0 Å². The number of methoxy groups -OCH3 is 1. The predicted molar refractivity (Wildman–Crippen MR) is 62.5 cm³/mol. The molecule has 0 aromatic carbocycles. The van der Waals surface area contributed by atoms with E-state index in [0.717, 1.165) is 12.8 Å². The van der Waals surface area contributed by atoms with Gasteiger partial charge in [0.15, 0.2) is 0 Å². The minimum atomic E-state index is -0.492. The molecule has 0 aliphatic carbocycles. The highest BCUT2D eigenvalue weighted by Gasteiger charge is 2.38. The predicted octanol–water partition coefficient (Wildman–Crippen LogP) is -0.181. The Hall–Kier alpha value is -1.59. The Labute approximate surface area is 106 Å². The number of amides is 2. The van der Waals surface area contributed by atoms with Gasteiger partial charge >= 0.3 is 5.97 Å². The zero-order chi connectivity index (χ0) is 13.1. The summed E-state index contributed by atoms with van der Waals surface area (Å²) in [6.07, 6.45) is 3.34. The van der Waals surface area contributed by atoms with E-state index in [4.69, 9.17) is 4.74 Å². The average Bonchev–Trinajstić information content (AvgIpc) is 2.83. The second-order valence-corrected chi connectivity index (χ2v) is 4.73. The van der Waals surface area contributed by atoms with Gasteiger partial charge in [-0.15, -0.1) is 0 Å². The lowest BCUT2D eigenvalue weighted by Crippen LogP contribution is -2.53. The molecule has 0 radical (unpaired) electrons. The van der Waals surface area contributed by atoms with Gasteiger partial charge in [0.2, 0.25) is 11.8 Å². The summed E-state index contributed by atoms with van der Waals surface area (Å²) >= 11 is 0. The number of piperidine rings is 1. The Morgan fingerprint density at radius 1 is 1.33 bits per heavy atom. The van der Waals surface area contributed by atoms with Gasteiger partial charge < -0.3 is 15.0 Å². The maximum absolute atomic E-state index is 12.3. The first-order valence-electron chi connectivity index (χ1n) is 6.31. The Morgan fingerprint density at radius 2 is 2.11 bits per heavy atom. The molecule has 6 heteroatoms. The first-order chi connectivity index (χ1) is 8.63. The Bertz CT molecular complexity index is 369. The normalized spacial score (nSPS) is 27.8. The van der Waals surface area contributed by atoms with E-state index in [-0.39, 0.29) is 17.8 Å². The Balaban J connectivity index is 2.06. The molecule has 1 N–H and O–H groups in total. The number of hydrogen-bond donors (Lipinski definition) is 1. The number of hydrogen-bond acceptors (Lipinski definition) is 4. The van der Waals surface area contributed by atoms with Crippen molar-refractivity contribution in [3.05, 3.63) is 0 Å². The van der Waals surface area contributed by atoms with Gasteiger partial charge in [0, 0.05) is 13.0 Å². The molecular weight excluding hydrogens is 236 g/mol. The van der Waals surface area contributed by atoms with Crippen LogP contribution in [0.25, 0.3) is 0 Å². The van der Waals surface area contributed by atoms with Crippen LogP contribution < -0.4 is 5.32 Å². The van der Waals surface area contributed by atoms with Crippen LogP contribution >= 0.6 is 0 Å². The summed E-state index contributed by atoms with van der Waals surface area (Å²) in [6, 6.07) is -0.962. The van der Waals surface area contributed by atoms with E-state index in [9.17, 15) is 14.4 Å². The van der Waals surface area contributed by atoms with E-state index in [1.807, 2.05) is 0 Å². The Kier molecular flexibility index (Phi) is 3.84. The molecule has 2 aliphatic rings. The number of likely N-dealkylation sites (tertiary alicyclic amines) is 1. The Morgan fingerprint density at radius 3 is 2.72 bits per heavy atom. The van der Waals surface area contributed by atoms with Crippen molar-refractivity contribution in [2.24, 2.45) is 0 Å². The van der Waals surface area contributed by atoms with E-state index < -0.39 is 12.1 Å². The smallest absolute Gasteiger partial charge is 0.328 e. The van der Waals surface area contributed by atoms with Crippen LogP contribution in [0.5, 0.6) is 0 Å². The van der Waals surface area contributed by atoms with Crippen molar-refractivity contribution in [1.82, 2.24) is 10.2 Å². The van der Waals surface area contributed by atoms with Crippen LogP contribution in [-0.2, 0) is 19.1 Å². The van der Waals surface area contributed by atoms with Crippen LogP contribution in [0.3, 0.4) is 0 Å². The summed E-state index contributed by atoms with van der Waals surface area (Å²) in [5.41, 5.74) is 0. The van der Waals surface area contributed by atoms with Crippen LogP contribution in [0.4, 0.5) is 0 Å². The molecule has 18 heavy (non-hydrogen) atoms. The maximum Gasteiger partial charge on any atom is 0.328 e. The third-order valence-electron chi connectivity index (χ3n) is 3.55. The third-order valence-corrected chi connectivity index (χ3v) is 3.55. The highest BCUT2D eigenvalue weighted by Crippen LogP contribution is 2.21. The van der Waals surface area contributed by atoms with Gasteiger partial charge in [-0.3, -0.25) is 9.59 Å². The summed E-state index contributed by atoms with van der Waals surface area (Å²) in [7, 11) is 1.33. The molecule has 2 amide bonds. The minimum Gasteiger partial charge on any atom is -0.467 e. The number of ether oxygens (including phenoxy) is 1. The summed E-state index contributed by atoms with van der Waals surface area (Å²) in [5.74, 6) is -0.622. The zero-order valence-electron chi connectivity index (χ0n) is 10.5. The number of rotatable bonds is 2. The zero-order valence-corrected chi connectivity index (χ0v) is 10.5. The van der Waals surface area contributed by atoms with Crippen molar-refractivity contribution in [2.45, 2.75) is 44.2 Å². The molecule has 2 heterocycles. The van der Waals surface area contributed by atoms with Gasteiger partial charge in [0.1, 0.15) is 12.1 Å². The largest absolute Gasteiger partial charge is 0.467 e. The first kappa shape index (κ1) is 12.9. The second-order valence-electron chi connectivity index (χ2n) is 4.73. The van der Waals surface area contributed by atoms with E-state index in [1.165, 1.54) is 7.11 Å². The molecule has 0 aromatic heterocycles. The van der Waals surface area contributed by atoms with Gasteiger partial charge in [-0.05, 0) is 25.7 Å². The number of nitrogens with one attached hydrogen (secondary N) is 1. The summed E-state index contributed by atoms with van der Waals surface area (Å²) in [6.45, 7) is 0.560. The molecule has 2 fully saturated rings. The van der Waals surface area contributed by atoms with Gasteiger partial charge in [0.25, 0.3) is 0 Å². The fourth-order valence-electron chi connectivity index (χ4n) is 2.58. The lowest BCUT2D eigenvalue weighted by molar-refractivity contribution is -0.155. The molecule has 0 bridgehead atoms. The molecule has 2 aliphatic heterocycles. The fraction of sp³-hybridized carbons (Fsp3) is 0.750. The molecule has 0 aromatic rings. The van der Waals surface area contributed by atoms with Crippen LogP contribution in [0, 0.1) is 0 Å². The van der Waals surface area contributed by atoms with E-state index in [1.54, 1.807) is 4.90 Å². The van der Waals surface area contributed by atoms with Crippen molar-refractivity contribution in [2.75, 3.05) is 13.7 Å². The van der Waals surface area contributed by atoms with Crippen molar-refractivity contribution in [3.63, 3.8) is 0 Å². The third kappa shape index (κ3) is 2.47. The molecule has 0 saturated carbocycles.